The maximum atomic E-state index is 12.3. The third kappa shape index (κ3) is 6.09. The van der Waals surface area contributed by atoms with Crippen LogP contribution in [0.5, 0.6) is 5.75 Å². The van der Waals surface area contributed by atoms with Crippen LogP contribution in [0.25, 0.3) is 0 Å². The molecule has 150 valence electrons. The van der Waals surface area contributed by atoms with Crippen LogP contribution in [0.15, 0.2) is 36.8 Å². The first-order chi connectivity index (χ1) is 13.3. The number of nitrogens with zero attached hydrogens (tertiary/aromatic N) is 1. The molecule has 0 aliphatic rings. The highest BCUT2D eigenvalue weighted by Gasteiger charge is 2.26. The van der Waals surface area contributed by atoms with Gasteiger partial charge in [0.25, 0.3) is 0 Å². The fourth-order valence-electron chi connectivity index (χ4n) is 2.48. The van der Waals surface area contributed by atoms with Crippen molar-refractivity contribution in [3.8, 4) is 5.75 Å². The van der Waals surface area contributed by atoms with E-state index in [1.54, 1.807) is 12.1 Å². The molecule has 2 amide bonds. The predicted octanol–water partition coefficient (Wildman–Crippen LogP) is -0.698. The Morgan fingerprint density at radius 1 is 1.14 bits per heavy atom. The van der Waals surface area contributed by atoms with E-state index in [-0.39, 0.29) is 18.6 Å². The summed E-state index contributed by atoms with van der Waals surface area (Å²) in [5.41, 5.74) is 7.17. The normalized spacial score (nSPS) is 13.9. The van der Waals surface area contributed by atoms with E-state index in [2.05, 4.69) is 20.6 Å². The van der Waals surface area contributed by atoms with E-state index in [0.29, 0.717) is 5.69 Å². The summed E-state index contributed by atoms with van der Waals surface area (Å²) in [6, 6.07) is 3.22. The lowest BCUT2D eigenvalue weighted by molar-refractivity contribution is -0.142. The van der Waals surface area contributed by atoms with Crippen molar-refractivity contribution in [3.63, 3.8) is 0 Å². The molecule has 2 rings (SSSR count). The van der Waals surface area contributed by atoms with Gasteiger partial charge in [0.1, 0.15) is 17.8 Å². The van der Waals surface area contributed by atoms with Crippen molar-refractivity contribution in [1.82, 2.24) is 20.6 Å². The van der Waals surface area contributed by atoms with Gasteiger partial charge in [0.15, 0.2) is 0 Å². The molecule has 0 bridgehead atoms. The van der Waals surface area contributed by atoms with E-state index < -0.39 is 35.9 Å². The number of carbonyl (C=O) groups is 3. The average molecular weight is 389 g/mol. The number of nitrogens with two attached hydrogens (primary N) is 1. The van der Waals surface area contributed by atoms with Crippen molar-refractivity contribution < 1.29 is 24.6 Å². The molecule has 1 aromatic carbocycles. The Labute approximate surface area is 161 Å². The predicted molar refractivity (Wildman–Crippen MR) is 99.2 cm³/mol. The second-order valence-electron chi connectivity index (χ2n) is 6.39. The standard InChI is InChI=1S/C18H23N5O5/c1-10(16(25)23-15(18(27)28)7-12-8-20-9-21-12)22-17(26)14(19)6-11-2-4-13(24)5-3-11/h2-5,8-10,14-15,24H,6-7,19H2,1H3,(H,20,21)(H,22,26)(H,23,25)(H,27,28)/t10-,14-,15-/m0/s1. The molecule has 0 fully saturated rings. The number of aromatic amines is 1. The minimum atomic E-state index is -1.20. The van der Waals surface area contributed by atoms with E-state index in [0.717, 1.165) is 5.56 Å². The summed E-state index contributed by atoms with van der Waals surface area (Å²) in [7, 11) is 0. The van der Waals surface area contributed by atoms with Crippen molar-refractivity contribution in [2.75, 3.05) is 0 Å². The summed E-state index contributed by atoms with van der Waals surface area (Å²) in [5.74, 6) is -2.28. The number of phenols is 1. The molecule has 0 unspecified atom stereocenters. The zero-order valence-electron chi connectivity index (χ0n) is 15.3. The summed E-state index contributed by atoms with van der Waals surface area (Å²) in [4.78, 5) is 42.4. The lowest BCUT2D eigenvalue weighted by atomic mass is 10.1. The Morgan fingerprint density at radius 3 is 2.39 bits per heavy atom. The van der Waals surface area contributed by atoms with E-state index in [1.807, 2.05) is 0 Å². The number of carboxylic acids is 1. The average Bonchev–Trinajstić information content (AvgIpc) is 3.15. The molecule has 0 saturated carbocycles. The smallest absolute Gasteiger partial charge is 0.326 e. The Balaban J connectivity index is 1.87. The van der Waals surface area contributed by atoms with Crippen molar-refractivity contribution >= 4 is 17.8 Å². The number of imidazole rings is 1. The molecule has 3 atom stereocenters. The number of nitrogens with one attached hydrogen (secondary N) is 3. The first kappa shape index (κ1) is 20.9. The van der Waals surface area contributed by atoms with Gasteiger partial charge in [-0.05, 0) is 31.0 Å². The molecule has 7 N–H and O–H groups in total. The topological polar surface area (TPSA) is 170 Å². The number of benzene rings is 1. The van der Waals surface area contributed by atoms with Crippen molar-refractivity contribution in [1.29, 1.82) is 0 Å². The molecular formula is C18H23N5O5. The van der Waals surface area contributed by atoms with Crippen LogP contribution in [0, 0.1) is 0 Å². The number of aliphatic carboxylic acids is 1. The molecule has 28 heavy (non-hydrogen) atoms. The van der Waals surface area contributed by atoms with Gasteiger partial charge in [0.2, 0.25) is 11.8 Å². The summed E-state index contributed by atoms with van der Waals surface area (Å²) in [6.07, 6.45) is 3.13. The van der Waals surface area contributed by atoms with Gasteiger partial charge >= 0.3 is 5.97 Å². The number of phenolic OH excluding ortho intramolecular Hbond substituents is 1. The third-order valence-electron chi connectivity index (χ3n) is 4.07. The van der Waals surface area contributed by atoms with E-state index in [1.165, 1.54) is 31.6 Å². The highest BCUT2D eigenvalue weighted by atomic mass is 16.4. The van der Waals surface area contributed by atoms with Crippen LogP contribution in [-0.2, 0) is 27.2 Å². The number of carboxylic acid groups (broad SMARTS) is 1. The van der Waals surface area contributed by atoms with Gasteiger partial charge in [-0.2, -0.15) is 0 Å². The summed E-state index contributed by atoms with van der Waals surface area (Å²) in [6.45, 7) is 1.44. The Hall–Kier alpha value is -3.40. The minimum Gasteiger partial charge on any atom is -0.508 e. The minimum absolute atomic E-state index is 0.0299. The number of amides is 2. The van der Waals surface area contributed by atoms with Crippen LogP contribution in [0.4, 0.5) is 0 Å². The molecule has 0 aliphatic carbocycles. The van der Waals surface area contributed by atoms with Gasteiger partial charge in [0.05, 0.1) is 12.4 Å². The number of carbonyl (C=O) groups excluding carboxylic acids is 2. The number of aromatic nitrogens is 2. The molecule has 2 aromatic rings. The molecule has 0 aliphatic heterocycles. The van der Waals surface area contributed by atoms with Crippen LogP contribution in [0.3, 0.4) is 0 Å². The van der Waals surface area contributed by atoms with Gasteiger partial charge in [-0.25, -0.2) is 9.78 Å². The summed E-state index contributed by atoms with van der Waals surface area (Å²) in [5, 5.41) is 23.4. The van der Waals surface area contributed by atoms with E-state index in [9.17, 15) is 24.6 Å². The number of hydrogen-bond donors (Lipinski definition) is 6. The number of hydrogen-bond acceptors (Lipinski definition) is 6. The van der Waals surface area contributed by atoms with E-state index >= 15 is 0 Å². The van der Waals surface area contributed by atoms with Gasteiger partial charge < -0.3 is 31.6 Å². The quantitative estimate of drug-likeness (QED) is 0.329. The molecule has 1 heterocycles. The van der Waals surface area contributed by atoms with Gasteiger partial charge in [-0.3, -0.25) is 9.59 Å². The SMILES string of the molecule is C[C@H](NC(=O)[C@@H](N)Cc1ccc(O)cc1)C(=O)N[C@@H](Cc1cnc[nH]1)C(=O)O. The van der Waals surface area contributed by atoms with Gasteiger partial charge in [0, 0.05) is 18.3 Å². The zero-order chi connectivity index (χ0) is 20.7. The highest BCUT2D eigenvalue weighted by molar-refractivity contribution is 5.91. The molecule has 0 radical (unpaired) electrons. The molecule has 1 aromatic heterocycles. The van der Waals surface area contributed by atoms with Gasteiger partial charge in [-0.1, -0.05) is 12.1 Å². The zero-order valence-corrected chi connectivity index (χ0v) is 15.3. The Bertz CT molecular complexity index is 806. The monoisotopic (exact) mass is 389 g/mol. The Kier molecular flexibility index (Phi) is 7.10. The fourth-order valence-corrected chi connectivity index (χ4v) is 2.48. The molecule has 10 nitrogen and oxygen atoms in total. The molecule has 10 heteroatoms. The number of rotatable bonds is 9. The lowest BCUT2D eigenvalue weighted by Gasteiger charge is -2.20. The van der Waals surface area contributed by atoms with Gasteiger partial charge in [-0.15, -0.1) is 0 Å². The molecule has 0 saturated heterocycles. The van der Waals surface area contributed by atoms with Crippen LogP contribution in [0.2, 0.25) is 0 Å². The first-order valence-electron chi connectivity index (χ1n) is 8.60. The second kappa shape index (κ2) is 9.51. The number of aromatic hydroxyl groups is 1. The molecule has 0 spiro atoms. The summed E-state index contributed by atoms with van der Waals surface area (Å²) < 4.78 is 0. The fraction of sp³-hybridized carbons (Fsp3) is 0.333. The van der Waals surface area contributed by atoms with Crippen LogP contribution in [-0.4, -0.2) is 56.1 Å². The number of H-pyrrole nitrogens is 1. The van der Waals surface area contributed by atoms with Crippen molar-refractivity contribution in [2.24, 2.45) is 5.73 Å². The molecular weight excluding hydrogens is 366 g/mol. The largest absolute Gasteiger partial charge is 0.508 e. The van der Waals surface area contributed by atoms with Crippen LogP contribution >= 0.6 is 0 Å². The second-order valence-corrected chi connectivity index (χ2v) is 6.39. The van der Waals surface area contributed by atoms with E-state index in [4.69, 9.17) is 5.73 Å². The first-order valence-corrected chi connectivity index (χ1v) is 8.60. The maximum absolute atomic E-state index is 12.3. The maximum Gasteiger partial charge on any atom is 0.326 e. The van der Waals surface area contributed by atoms with Crippen LogP contribution < -0.4 is 16.4 Å². The highest BCUT2D eigenvalue weighted by Crippen LogP contribution is 2.11. The Morgan fingerprint density at radius 2 is 1.82 bits per heavy atom. The van der Waals surface area contributed by atoms with Crippen molar-refractivity contribution in [3.05, 3.63) is 48.0 Å². The third-order valence-corrected chi connectivity index (χ3v) is 4.07. The van der Waals surface area contributed by atoms with Crippen LogP contribution in [0.1, 0.15) is 18.2 Å². The lowest BCUT2D eigenvalue weighted by Crippen LogP contribution is -2.54. The van der Waals surface area contributed by atoms with Crippen molar-refractivity contribution in [2.45, 2.75) is 37.9 Å². The summed E-state index contributed by atoms with van der Waals surface area (Å²) >= 11 is 0.